The summed E-state index contributed by atoms with van der Waals surface area (Å²) in [5.74, 6) is 0.102. The van der Waals surface area contributed by atoms with E-state index in [1.807, 2.05) is 6.92 Å². The lowest BCUT2D eigenvalue weighted by Crippen LogP contribution is -2.52. The van der Waals surface area contributed by atoms with E-state index in [0.717, 1.165) is 25.8 Å². The van der Waals surface area contributed by atoms with Crippen molar-refractivity contribution in [2.24, 2.45) is 0 Å². The first-order valence-corrected chi connectivity index (χ1v) is 6.04. The van der Waals surface area contributed by atoms with Gasteiger partial charge in [0.2, 0.25) is 5.91 Å². The van der Waals surface area contributed by atoms with Crippen LogP contribution in [0.2, 0.25) is 0 Å². The van der Waals surface area contributed by atoms with Crippen LogP contribution in [0, 0.1) is 0 Å². The summed E-state index contributed by atoms with van der Waals surface area (Å²) < 4.78 is 0. The van der Waals surface area contributed by atoms with Crippen molar-refractivity contribution in [2.75, 3.05) is 6.54 Å². The van der Waals surface area contributed by atoms with Gasteiger partial charge in [0.25, 0.3) is 0 Å². The molecule has 15 heavy (non-hydrogen) atoms. The highest BCUT2D eigenvalue weighted by Gasteiger charge is 2.24. The van der Waals surface area contributed by atoms with Gasteiger partial charge in [0.15, 0.2) is 0 Å². The Morgan fingerprint density at radius 1 is 1.27 bits per heavy atom. The first kappa shape index (κ1) is 14.4. The van der Waals surface area contributed by atoms with Crippen LogP contribution in [0.15, 0.2) is 0 Å². The summed E-state index contributed by atoms with van der Waals surface area (Å²) in [4.78, 5) is 11.6. The van der Waals surface area contributed by atoms with Crippen LogP contribution in [0.4, 0.5) is 0 Å². The van der Waals surface area contributed by atoms with Crippen molar-refractivity contribution in [3.05, 3.63) is 0 Å². The molecule has 0 fully saturated rings. The largest absolute Gasteiger partial charge is 0.355 e. The number of hydrogen-bond acceptors (Lipinski definition) is 2. The average Bonchev–Trinajstić information content (AvgIpc) is 2.25. The summed E-state index contributed by atoms with van der Waals surface area (Å²) >= 11 is 0. The zero-order valence-corrected chi connectivity index (χ0v) is 10.8. The second-order valence-corrected chi connectivity index (χ2v) is 4.42. The summed E-state index contributed by atoms with van der Waals surface area (Å²) in [5.41, 5.74) is 0.0724. The Morgan fingerprint density at radius 2 is 1.80 bits per heavy atom. The highest BCUT2D eigenvalue weighted by Crippen LogP contribution is 2.14. The molecule has 0 aromatic carbocycles. The van der Waals surface area contributed by atoms with E-state index in [2.05, 4.69) is 38.3 Å². The number of hydrogen-bond donors (Lipinski definition) is 2. The molecule has 3 heteroatoms. The molecule has 0 rings (SSSR count). The molecule has 0 aliphatic heterocycles. The monoisotopic (exact) mass is 214 g/mol. The SMILES string of the molecule is CCCNC(=O)C(C)NC(C)(CC)CC. The average molecular weight is 214 g/mol. The topological polar surface area (TPSA) is 41.1 Å². The van der Waals surface area contributed by atoms with E-state index in [4.69, 9.17) is 0 Å². The Bertz CT molecular complexity index is 188. The normalized spacial score (nSPS) is 13.7. The predicted octanol–water partition coefficient (Wildman–Crippen LogP) is 2.07. The zero-order chi connectivity index (χ0) is 11.9. The zero-order valence-electron chi connectivity index (χ0n) is 10.8. The lowest BCUT2D eigenvalue weighted by atomic mass is 9.94. The third-order valence-electron chi connectivity index (χ3n) is 3.07. The van der Waals surface area contributed by atoms with Crippen molar-refractivity contribution < 1.29 is 4.79 Å². The molecule has 1 amide bonds. The summed E-state index contributed by atoms with van der Waals surface area (Å²) in [5, 5.41) is 6.29. The molecule has 0 aromatic heterocycles. The van der Waals surface area contributed by atoms with E-state index >= 15 is 0 Å². The maximum absolute atomic E-state index is 11.6. The van der Waals surface area contributed by atoms with Gasteiger partial charge >= 0.3 is 0 Å². The van der Waals surface area contributed by atoms with Gasteiger partial charge in [0.1, 0.15) is 0 Å². The van der Waals surface area contributed by atoms with Crippen LogP contribution < -0.4 is 10.6 Å². The van der Waals surface area contributed by atoms with E-state index in [1.165, 1.54) is 0 Å². The number of rotatable bonds is 7. The first-order valence-electron chi connectivity index (χ1n) is 6.04. The molecule has 90 valence electrons. The molecule has 0 saturated carbocycles. The van der Waals surface area contributed by atoms with Crippen LogP contribution in [0.25, 0.3) is 0 Å². The predicted molar refractivity (Wildman–Crippen MR) is 64.9 cm³/mol. The molecule has 1 unspecified atom stereocenters. The molecule has 0 spiro atoms. The smallest absolute Gasteiger partial charge is 0.236 e. The second kappa shape index (κ2) is 6.83. The van der Waals surface area contributed by atoms with Gasteiger partial charge in [-0.2, -0.15) is 0 Å². The van der Waals surface area contributed by atoms with Gasteiger partial charge in [-0.3, -0.25) is 4.79 Å². The minimum Gasteiger partial charge on any atom is -0.355 e. The molecule has 0 bridgehead atoms. The fraction of sp³-hybridized carbons (Fsp3) is 0.917. The Kier molecular flexibility index (Phi) is 6.57. The van der Waals surface area contributed by atoms with Crippen LogP contribution in [0.1, 0.15) is 53.9 Å². The molecule has 2 N–H and O–H groups in total. The van der Waals surface area contributed by atoms with E-state index in [-0.39, 0.29) is 17.5 Å². The highest BCUT2D eigenvalue weighted by atomic mass is 16.2. The maximum atomic E-state index is 11.6. The molecule has 0 aliphatic rings. The third kappa shape index (κ3) is 5.17. The summed E-state index contributed by atoms with van der Waals surface area (Å²) in [6, 6.07) is -0.110. The Morgan fingerprint density at radius 3 is 2.20 bits per heavy atom. The van der Waals surface area contributed by atoms with Gasteiger partial charge in [-0.05, 0) is 33.1 Å². The molecule has 0 radical (unpaired) electrons. The molecule has 0 aromatic rings. The maximum Gasteiger partial charge on any atom is 0.236 e. The lowest BCUT2D eigenvalue weighted by Gasteiger charge is -2.31. The third-order valence-corrected chi connectivity index (χ3v) is 3.07. The fourth-order valence-electron chi connectivity index (χ4n) is 1.44. The number of carbonyl (C=O) groups is 1. The van der Waals surface area contributed by atoms with Gasteiger partial charge in [-0.15, -0.1) is 0 Å². The van der Waals surface area contributed by atoms with E-state index in [1.54, 1.807) is 0 Å². The molecule has 0 heterocycles. The Hall–Kier alpha value is -0.570. The number of carbonyl (C=O) groups excluding carboxylic acids is 1. The summed E-state index contributed by atoms with van der Waals surface area (Å²) in [6.07, 6.45) is 3.06. The first-order chi connectivity index (χ1) is 6.99. The van der Waals surface area contributed by atoms with Gasteiger partial charge in [0.05, 0.1) is 6.04 Å². The minimum absolute atomic E-state index is 0.0724. The molecule has 3 nitrogen and oxygen atoms in total. The Balaban J connectivity index is 4.10. The van der Waals surface area contributed by atoms with Crippen LogP contribution in [0.3, 0.4) is 0 Å². The molecule has 0 saturated heterocycles. The van der Waals surface area contributed by atoms with Gasteiger partial charge in [-0.25, -0.2) is 0 Å². The van der Waals surface area contributed by atoms with Crippen molar-refractivity contribution >= 4 is 5.91 Å². The standard InChI is InChI=1S/C12H26N2O/c1-6-9-13-11(15)10(4)14-12(5,7-2)8-3/h10,14H,6-9H2,1-5H3,(H,13,15). The van der Waals surface area contributed by atoms with Crippen molar-refractivity contribution in [3.63, 3.8) is 0 Å². The Labute approximate surface area is 94.0 Å². The van der Waals surface area contributed by atoms with Crippen LogP contribution in [-0.4, -0.2) is 24.0 Å². The van der Waals surface area contributed by atoms with E-state index in [0.29, 0.717) is 0 Å². The van der Waals surface area contributed by atoms with Crippen LogP contribution >= 0.6 is 0 Å². The van der Waals surface area contributed by atoms with E-state index < -0.39 is 0 Å². The molecule has 1 atom stereocenters. The number of amides is 1. The van der Waals surface area contributed by atoms with Crippen LogP contribution in [-0.2, 0) is 4.79 Å². The summed E-state index contributed by atoms with van der Waals surface area (Å²) in [6.45, 7) is 11.2. The van der Waals surface area contributed by atoms with E-state index in [9.17, 15) is 4.79 Å². The number of nitrogens with one attached hydrogen (secondary N) is 2. The molecular formula is C12H26N2O. The van der Waals surface area contributed by atoms with Gasteiger partial charge in [-0.1, -0.05) is 20.8 Å². The molecular weight excluding hydrogens is 188 g/mol. The quantitative estimate of drug-likeness (QED) is 0.681. The summed E-state index contributed by atoms with van der Waals surface area (Å²) in [7, 11) is 0. The lowest BCUT2D eigenvalue weighted by molar-refractivity contribution is -0.123. The highest BCUT2D eigenvalue weighted by molar-refractivity contribution is 5.81. The van der Waals surface area contributed by atoms with Gasteiger partial charge in [0, 0.05) is 12.1 Å². The van der Waals surface area contributed by atoms with Crippen LogP contribution in [0.5, 0.6) is 0 Å². The fourth-order valence-corrected chi connectivity index (χ4v) is 1.44. The molecule has 0 aliphatic carbocycles. The van der Waals surface area contributed by atoms with Crippen molar-refractivity contribution in [1.82, 2.24) is 10.6 Å². The van der Waals surface area contributed by atoms with Crippen molar-refractivity contribution in [3.8, 4) is 0 Å². The van der Waals surface area contributed by atoms with Crippen molar-refractivity contribution in [1.29, 1.82) is 0 Å². The van der Waals surface area contributed by atoms with Crippen molar-refractivity contribution in [2.45, 2.75) is 65.5 Å². The second-order valence-electron chi connectivity index (χ2n) is 4.42. The minimum atomic E-state index is -0.110. The van der Waals surface area contributed by atoms with Gasteiger partial charge < -0.3 is 10.6 Å².